The Balaban J connectivity index is 1.94. The Morgan fingerprint density at radius 1 is 1.37 bits per heavy atom. The van der Waals surface area contributed by atoms with Gasteiger partial charge in [-0.05, 0) is 37.8 Å². The zero-order valence-electron chi connectivity index (χ0n) is 11.3. The van der Waals surface area contributed by atoms with Crippen LogP contribution in [0.4, 0.5) is 0 Å². The van der Waals surface area contributed by atoms with Gasteiger partial charge in [-0.15, -0.1) is 0 Å². The van der Waals surface area contributed by atoms with Crippen molar-refractivity contribution in [2.75, 3.05) is 5.33 Å². The molecule has 2 rings (SSSR count). The van der Waals surface area contributed by atoms with Crippen molar-refractivity contribution in [1.82, 2.24) is 4.90 Å². The van der Waals surface area contributed by atoms with Crippen LogP contribution in [0.15, 0.2) is 22.8 Å². The molecule has 0 bridgehead atoms. The number of halogens is 1. The quantitative estimate of drug-likeness (QED) is 0.557. The Hall–Kier alpha value is -0.770. The molecule has 1 amide bonds. The molecule has 0 atom stereocenters. The molecule has 1 aromatic rings. The van der Waals surface area contributed by atoms with Crippen LogP contribution < -0.4 is 0 Å². The molecule has 0 saturated heterocycles. The van der Waals surface area contributed by atoms with Crippen molar-refractivity contribution in [2.45, 2.75) is 57.5 Å². The van der Waals surface area contributed by atoms with E-state index in [2.05, 4.69) is 15.9 Å². The van der Waals surface area contributed by atoms with Gasteiger partial charge in [0, 0.05) is 17.8 Å². The highest BCUT2D eigenvalue weighted by molar-refractivity contribution is 9.09. The van der Waals surface area contributed by atoms with E-state index in [-0.39, 0.29) is 5.91 Å². The molecule has 1 aliphatic carbocycles. The number of hydrogen-bond donors (Lipinski definition) is 0. The largest absolute Gasteiger partial charge is 0.467 e. The Labute approximate surface area is 123 Å². The number of unbranched alkanes of at least 4 members (excludes halogenated alkanes) is 1. The number of carbonyl (C=O) groups is 1. The lowest BCUT2D eigenvalue weighted by atomic mass is 10.1. The summed E-state index contributed by atoms with van der Waals surface area (Å²) in [5.41, 5.74) is 0. The van der Waals surface area contributed by atoms with Crippen molar-refractivity contribution in [3.8, 4) is 0 Å². The minimum absolute atomic E-state index is 0.282. The van der Waals surface area contributed by atoms with Gasteiger partial charge in [-0.1, -0.05) is 28.8 Å². The minimum Gasteiger partial charge on any atom is -0.467 e. The first-order valence-corrected chi connectivity index (χ1v) is 8.31. The second-order valence-electron chi connectivity index (χ2n) is 5.19. The van der Waals surface area contributed by atoms with Gasteiger partial charge in [-0.25, -0.2) is 0 Å². The summed E-state index contributed by atoms with van der Waals surface area (Å²) >= 11 is 3.41. The van der Waals surface area contributed by atoms with Crippen LogP contribution in [0.2, 0.25) is 0 Å². The predicted octanol–water partition coefficient (Wildman–Crippen LogP) is 4.12. The van der Waals surface area contributed by atoms with Crippen LogP contribution in [0.5, 0.6) is 0 Å². The van der Waals surface area contributed by atoms with Crippen molar-refractivity contribution in [3.63, 3.8) is 0 Å². The van der Waals surface area contributed by atoms with Gasteiger partial charge in [0.15, 0.2) is 0 Å². The average molecular weight is 328 g/mol. The van der Waals surface area contributed by atoms with Gasteiger partial charge >= 0.3 is 0 Å². The molecule has 1 heterocycles. The van der Waals surface area contributed by atoms with E-state index in [1.807, 2.05) is 17.0 Å². The van der Waals surface area contributed by atoms with E-state index < -0.39 is 0 Å². The molecule has 0 radical (unpaired) electrons. The molecule has 19 heavy (non-hydrogen) atoms. The summed E-state index contributed by atoms with van der Waals surface area (Å²) in [4.78, 5) is 14.4. The zero-order valence-corrected chi connectivity index (χ0v) is 12.9. The molecular formula is C15H22BrNO2. The van der Waals surface area contributed by atoms with Crippen molar-refractivity contribution in [2.24, 2.45) is 0 Å². The van der Waals surface area contributed by atoms with Gasteiger partial charge in [0.1, 0.15) is 5.76 Å². The minimum atomic E-state index is 0.282. The van der Waals surface area contributed by atoms with Gasteiger partial charge in [-0.2, -0.15) is 0 Å². The lowest BCUT2D eigenvalue weighted by Gasteiger charge is -2.28. The van der Waals surface area contributed by atoms with E-state index in [4.69, 9.17) is 4.42 Å². The standard InChI is InChI=1S/C15H22BrNO2/c16-10-4-3-9-15(18)17(13-6-1-2-7-13)12-14-8-5-11-19-14/h5,8,11,13H,1-4,6-7,9-10,12H2. The van der Waals surface area contributed by atoms with Crippen LogP contribution in [-0.2, 0) is 11.3 Å². The summed E-state index contributed by atoms with van der Waals surface area (Å²) in [5, 5.41) is 0.974. The third-order valence-corrected chi connectivity index (χ3v) is 4.33. The molecular weight excluding hydrogens is 306 g/mol. The van der Waals surface area contributed by atoms with Crippen molar-refractivity contribution in [1.29, 1.82) is 0 Å². The number of hydrogen-bond acceptors (Lipinski definition) is 2. The first-order valence-electron chi connectivity index (χ1n) is 7.19. The van der Waals surface area contributed by atoms with Crippen LogP contribution in [0, 0.1) is 0 Å². The van der Waals surface area contributed by atoms with Crippen LogP contribution in [0.25, 0.3) is 0 Å². The summed E-state index contributed by atoms with van der Waals surface area (Å²) in [6.07, 6.45) is 9.13. The van der Waals surface area contributed by atoms with Gasteiger partial charge in [0.05, 0.1) is 12.8 Å². The molecule has 1 saturated carbocycles. The summed E-state index contributed by atoms with van der Waals surface area (Å²) in [6, 6.07) is 4.26. The molecule has 0 N–H and O–H groups in total. The highest BCUT2D eigenvalue weighted by atomic mass is 79.9. The fourth-order valence-corrected chi connectivity index (χ4v) is 3.12. The molecule has 0 unspecified atom stereocenters. The maximum atomic E-state index is 12.4. The van der Waals surface area contributed by atoms with Gasteiger partial charge in [0.25, 0.3) is 0 Å². The monoisotopic (exact) mass is 327 g/mol. The molecule has 4 heteroatoms. The van der Waals surface area contributed by atoms with Crippen molar-refractivity contribution < 1.29 is 9.21 Å². The van der Waals surface area contributed by atoms with E-state index in [1.165, 1.54) is 12.8 Å². The molecule has 106 valence electrons. The van der Waals surface area contributed by atoms with E-state index >= 15 is 0 Å². The molecule has 1 fully saturated rings. The topological polar surface area (TPSA) is 33.5 Å². The van der Waals surface area contributed by atoms with E-state index in [0.717, 1.165) is 36.8 Å². The molecule has 1 aliphatic rings. The summed E-state index contributed by atoms with van der Waals surface area (Å²) in [7, 11) is 0. The Bertz CT molecular complexity index is 372. The number of nitrogens with zero attached hydrogens (tertiary/aromatic N) is 1. The maximum absolute atomic E-state index is 12.4. The predicted molar refractivity (Wildman–Crippen MR) is 79.2 cm³/mol. The summed E-state index contributed by atoms with van der Waals surface area (Å²) in [5.74, 6) is 1.17. The third kappa shape index (κ3) is 4.37. The second kappa shape index (κ2) is 7.73. The fraction of sp³-hybridized carbons (Fsp3) is 0.667. The van der Waals surface area contributed by atoms with Crippen LogP contribution in [-0.4, -0.2) is 22.2 Å². The van der Waals surface area contributed by atoms with Gasteiger partial charge in [-0.3, -0.25) is 4.79 Å². The van der Waals surface area contributed by atoms with Crippen LogP contribution in [0.1, 0.15) is 50.7 Å². The van der Waals surface area contributed by atoms with Gasteiger partial charge < -0.3 is 9.32 Å². The van der Waals surface area contributed by atoms with E-state index in [9.17, 15) is 4.79 Å². The molecule has 0 aromatic carbocycles. The molecule has 3 nitrogen and oxygen atoms in total. The fourth-order valence-electron chi connectivity index (χ4n) is 2.72. The van der Waals surface area contributed by atoms with Gasteiger partial charge in [0.2, 0.25) is 5.91 Å². The maximum Gasteiger partial charge on any atom is 0.223 e. The first kappa shape index (κ1) is 14.6. The Kier molecular flexibility index (Phi) is 5.95. The number of alkyl halides is 1. The highest BCUT2D eigenvalue weighted by Crippen LogP contribution is 2.26. The van der Waals surface area contributed by atoms with Crippen molar-refractivity contribution >= 4 is 21.8 Å². The molecule has 0 aliphatic heterocycles. The normalized spacial score (nSPS) is 15.8. The highest BCUT2D eigenvalue weighted by Gasteiger charge is 2.26. The van der Waals surface area contributed by atoms with E-state index in [0.29, 0.717) is 19.0 Å². The zero-order chi connectivity index (χ0) is 13.5. The molecule has 1 aromatic heterocycles. The number of rotatable bonds is 7. The number of amides is 1. The van der Waals surface area contributed by atoms with Crippen LogP contribution in [0.3, 0.4) is 0 Å². The van der Waals surface area contributed by atoms with E-state index in [1.54, 1.807) is 6.26 Å². The average Bonchev–Trinajstić information content (AvgIpc) is 3.09. The first-order chi connectivity index (χ1) is 9.31. The third-order valence-electron chi connectivity index (χ3n) is 3.77. The van der Waals surface area contributed by atoms with Crippen molar-refractivity contribution in [3.05, 3.63) is 24.2 Å². The van der Waals surface area contributed by atoms with Crippen LogP contribution >= 0.6 is 15.9 Å². The Morgan fingerprint density at radius 2 is 2.16 bits per heavy atom. The lowest BCUT2D eigenvalue weighted by molar-refractivity contribution is -0.134. The number of carbonyl (C=O) groups excluding carboxylic acids is 1. The lowest BCUT2D eigenvalue weighted by Crippen LogP contribution is -2.38. The second-order valence-corrected chi connectivity index (χ2v) is 5.98. The smallest absolute Gasteiger partial charge is 0.223 e. The molecule has 0 spiro atoms. The summed E-state index contributed by atoms with van der Waals surface area (Å²) in [6.45, 7) is 0.630. The number of furan rings is 1. The summed E-state index contributed by atoms with van der Waals surface area (Å²) < 4.78 is 5.40. The Morgan fingerprint density at radius 3 is 2.79 bits per heavy atom. The SMILES string of the molecule is O=C(CCCCBr)N(Cc1ccco1)C1CCCC1.